The van der Waals surface area contributed by atoms with Crippen molar-refractivity contribution in [2.24, 2.45) is 0 Å². The lowest BCUT2D eigenvalue weighted by Crippen LogP contribution is -2.02. The summed E-state index contributed by atoms with van der Waals surface area (Å²) in [6.07, 6.45) is 0.614. The van der Waals surface area contributed by atoms with Gasteiger partial charge in [0.15, 0.2) is 0 Å². The van der Waals surface area contributed by atoms with E-state index in [1.165, 1.54) is 4.70 Å². The molecule has 4 aromatic rings. The Morgan fingerprint density at radius 2 is 1.48 bits per heavy atom. The number of para-hydroxylation sites is 3. The Morgan fingerprint density at radius 3 is 2.24 bits per heavy atom. The van der Waals surface area contributed by atoms with Crippen LogP contribution in [0.25, 0.3) is 21.3 Å². The van der Waals surface area contributed by atoms with Crippen LogP contribution in [0.1, 0.15) is 10.7 Å². The minimum absolute atomic E-state index is 0.480. The van der Waals surface area contributed by atoms with Gasteiger partial charge >= 0.3 is 0 Å². The average molecular weight is 292 g/mol. The fraction of sp³-hybridized carbons (Fsp3) is 0.0625. The number of benzene rings is 2. The number of fused-ring (bicyclic) bond motifs is 2. The van der Waals surface area contributed by atoms with Crippen LogP contribution in [0.4, 0.5) is 5.82 Å². The number of hydrogen-bond donors (Lipinski definition) is 1. The molecular weight excluding hydrogens is 280 g/mol. The van der Waals surface area contributed by atoms with Gasteiger partial charge in [-0.25, -0.2) is 15.0 Å². The number of aromatic nitrogens is 3. The first-order chi connectivity index (χ1) is 10.3. The van der Waals surface area contributed by atoms with Gasteiger partial charge in [-0.15, -0.1) is 11.3 Å². The lowest BCUT2D eigenvalue weighted by atomic mass is 10.2. The molecule has 0 bridgehead atoms. The van der Waals surface area contributed by atoms with E-state index in [0.717, 1.165) is 27.3 Å². The van der Waals surface area contributed by atoms with E-state index in [2.05, 4.69) is 21.0 Å². The number of nitrogens with two attached hydrogens (primary N) is 1. The molecule has 102 valence electrons. The molecule has 2 heterocycles. The van der Waals surface area contributed by atoms with Gasteiger partial charge in [-0.2, -0.15) is 0 Å². The zero-order chi connectivity index (χ0) is 14.2. The van der Waals surface area contributed by atoms with Crippen molar-refractivity contribution in [2.75, 3.05) is 5.73 Å². The number of nitrogens with zero attached hydrogens (tertiary/aromatic N) is 3. The molecule has 0 aliphatic rings. The minimum Gasteiger partial charge on any atom is -0.382 e. The van der Waals surface area contributed by atoms with Crippen LogP contribution in [0, 0.1) is 0 Å². The summed E-state index contributed by atoms with van der Waals surface area (Å²) in [6, 6.07) is 15.9. The Labute approximate surface area is 125 Å². The maximum Gasteiger partial charge on any atom is 0.146 e. The summed E-state index contributed by atoms with van der Waals surface area (Å²) in [5, 5.41) is 1.01. The second-order valence-electron chi connectivity index (χ2n) is 4.80. The Balaban J connectivity index is 1.77. The van der Waals surface area contributed by atoms with Crippen molar-refractivity contribution in [1.82, 2.24) is 15.0 Å². The van der Waals surface area contributed by atoms with E-state index in [9.17, 15) is 0 Å². The number of nitrogen functional groups attached to an aromatic ring is 1. The van der Waals surface area contributed by atoms with Crippen LogP contribution < -0.4 is 5.73 Å². The van der Waals surface area contributed by atoms with Gasteiger partial charge in [-0.1, -0.05) is 24.3 Å². The molecule has 0 unspecified atom stereocenters. The first kappa shape index (κ1) is 12.2. The molecule has 0 spiro atoms. The average Bonchev–Trinajstić information content (AvgIpc) is 2.90. The topological polar surface area (TPSA) is 64.7 Å². The van der Waals surface area contributed by atoms with Crippen molar-refractivity contribution >= 4 is 38.4 Å². The third-order valence-corrected chi connectivity index (χ3v) is 4.37. The molecule has 0 amide bonds. The Bertz CT molecular complexity index is 912. The van der Waals surface area contributed by atoms with Crippen molar-refractivity contribution in [3.05, 3.63) is 59.2 Å². The number of rotatable bonds is 2. The Morgan fingerprint density at radius 1 is 0.810 bits per heavy atom. The fourth-order valence-corrected chi connectivity index (χ4v) is 3.29. The van der Waals surface area contributed by atoms with Gasteiger partial charge in [-0.3, -0.25) is 0 Å². The van der Waals surface area contributed by atoms with Gasteiger partial charge in [0.25, 0.3) is 0 Å². The summed E-state index contributed by atoms with van der Waals surface area (Å²) in [6.45, 7) is 0. The van der Waals surface area contributed by atoms with Crippen molar-refractivity contribution < 1.29 is 0 Å². The number of hydrogen-bond acceptors (Lipinski definition) is 5. The van der Waals surface area contributed by atoms with E-state index in [1.807, 2.05) is 42.5 Å². The quantitative estimate of drug-likeness (QED) is 0.615. The van der Waals surface area contributed by atoms with E-state index in [1.54, 1.807) is 11.3 Å². The predicted molar refractivity (Wildman–Crippen MR) is 86.4 cm³/mol. The summed E-state index contributed by atoms with van der Waals surface area (Å²) >= 11 is 1.67. The van der Waals surface area contributed by atoms with Crippen LogP contribution in [0.5, 0.6) is 0 Å². The van der Waals surface area contributed by atoms with Gasteiger partial charge in [0.2, 0.25) is 0 Å². The molecular formula is C16H12N4S. The van der Waals surface area contributed by atoms with E-state index < -0.39 is 0 Å². The van der Waals surface area contributed by atoms with Crippen molar-refractivity contribution in [3.8, 4) is 0 Å². The monoisotopic (exact) mass is 292 g/mol. The van der Waals surface area contributed by atoms with E-state index in [0.29, 0.717) is 12.2 Å². The highest BCUT2D eigenvalue weighted by Gasteiger charge is 2.10. The van der Waals surface area contributed by atoms with Crippen LogP contribution >= 0.6 is 11.3 Å². The first-order valence-corrected chi connectivity index (χ1v) is 7.47. The summed E-state index contributed by atoms with van der Waals surface area (Å²) in [5.74, 6) is 0.480. The Kier molecular flexibility index (Phi) is 2.79. The molecule has 4 nitrogen and oxygen atoms in total. The van der Waals surface area contributed by atoms with Crippen molar-refractivity contribution in [2.45, 2.75) is 6.42 Å². The predicted octanol–water partition coefficient (Wildman–Crippen LogP) is 3.41. The van der Waals surface area contributed by atoms with E-state index in [4.69, 9.17) is 5.73 Å². The van der Waals surface area contributed by atoms with Gasteiger partial charge < -0.3 is 5.73 Å². The van der Waals surface area contributed by atoms with Crippen LogP contribution in [0.2, 0.25) is 0 Å². The summed E-state index contributed by atoms with van der Waals surface area (Å²) < 4.78 is 1.18. The number of thiazole rings is 1. The summed E-state index contributed by atoms with van der Waals surface area (Å²) in [5.41, 5.74) is 9.52. The van der Waals surface area contributed by atoms with E-state index >= 15 is 0 Å². The molecule has 0 atom stereocenters. The molecule has 0 saturated heterocycles. The fourth-order valence-electron chi connectivity index (χ4n) is 2.32. The first-order valence-electron chi connectivity index (χ1n) is 6.65. The highest BCUT2D eigenvalue weighted by atomic mass is 32.1. The molecule has 0 fully saturated rings. The van der Waals surface area contributed by atoms with Crippen LogP contribution in [-0.2, 0) is 6.42 Å². The Hall–Kier alpha value is -2.53. The highest BCUT2D eigenvalue weighted by Crippen LogP contribution is 2.25. The number of anilines is 1. The van der Waals surface area contributed by atoms with Gasteiger partial charge in [0.1, 0.15) is 5.82 Å². The zero-order valence-electron chi connectivity index (χ0n) is 11.2. The van der Waals surface area contributed by atoms with Crippen molar-refractivity contribution in [3.63, 3.8) is 0 Å². The molecule has 2 N–H and O–H groups in total. The molecule has 4 rings (SSSR count). The molecule has 0 aliphatic carbocycles. The molecule has 21 heavy (non-hydrogen) atoms. The third-order valence-electron chi connectivity index (χ3n) is 3.33. The van der Waals surface area contributed by atoms with Crippen molar-refractivity contribution in [1.29, 1.82) is 0 Å². The molecule has 2 aromatic heterocycles. The SMILES string of the molecule is Nc1nc2ccccc2nc1Cc1nc2ccccc2s1. The molecule has 0 saturated carbocycles. The molecule has 0 aliphatic heterocycles. The molecule has 2 aromatic carbocycles. The van der Waals surface area contributed by atoms with Crippen LogP contribution in [0.15, 0.2) is 48.5 Å². The maximum atomic E-state index is 6.03. The highest BCUT2D eigenvalue weighted by molar-refractivity contribution is 7.18. The smallest absolute Gasteiger partial charge is 0.146 e. The minimum atomic E-state index is 0.480. The summed E-state index contributed by atoms with van der Waals surface area (Å²) in [4.78, 5) is 13.7. The van der Waals surface area contributed by atoms with Crippen LogP contribution in [0.3, 0.4) is 0 Å². The van der Waals surface area contributed by atoms with Gasteiger partial charge in [0.05, 0.1) is 32.0 Å². The lowest BCUT2D eigenvalue weighted by molar-refractivity contribution is 1.06. The normalized spacial score (nSPS) is 11.2. The van der Waals surface area contributed by atoms with Gasteiger partial charge in [0, 0.05) is 6.42 Å². The second-order valence-corrected chi connectivity index (χ2v) is 5.91. The third kappa shape index (κ3) is 2.21. The van der Waals surface area contributed by atoms with E-state index in [-0.39, 0.29) is 0 Å². The maximum absolute atomic E-state index is 6.03. The summed E-state index contributed by atoms with van der Waals surface area (Å²) in [7, 11) is 0. The molecule has 5 heteroatoms. The van der Waals surface area contributed by atoms with Gasteiger partial charge in [-0.05, 0) is 24.3 Å². The largest absolute Gasteiger partial charge is 0.382 e. The van der Waals surface area contributed by atoms with Crippen LogP contribution in [-0.4, -0.2) is 15.0 Å². The lowest BCUT2D eigenvalue weighted by Gasteiger charge is -2.04. The molecule has 0 radical (unpaired) electrons. The zero-order valence-corrected chi connectivity index (χ0v) is 12.0. The second kappa shape index (κ2) is 4.79. The standard InChI is InChI=1S/C16H12N4S/c17-16-13(18-10-5-1-2-6-11(10)20-16)9-15-19-12-7-3-4-8-14(12)21-15/h1-8H,9H2,(H2,17,20).